The summed E-state index contributed by atoms with van der Waals surface area (Å²) in [6.45, 7) is 1.59. The van der Waals surface area contributed by atoms with E-state index in [-0.39, 0.29) is 11.4 Å². The van der Waals surface area contributed by atoms with Crippen LogP contribution in [0, 0.1) is 0 Å². The van der Waals surface area contributed by atoms with E-state index in [1.165, 1.54) is 17.5 Å². The average Bonchev–Trinajstić information content (AvgIpc) is 2.36. The van der Waals surface area contributed by atoms with Crippen LogP contribution in [0.5, 0.6) is 0 Å². The van der Waals surface area contributed by atoms with Crippen LogP contribution in [0.1, 0.15) is 36.8 Å². The molecular weight excluding hydrogens is 224 g/mol. The lowest BCUT2D eigenvalue weighted by atomic mass is 9.75. The molecule has 3 heteroatoms. The summed E-state index contributed by atoms with van der Waals surface area (Å²) < 4.78 is 0. The molecule has 1 aromatic rings. The topological polar surface area (TPSA) is 46.3 Å². The van der Waals surface area contributed by atoms with E-state index < -0.39 is 0 Å². The van der Waals surface area contributed by atoms with Gasteiger partial charge in [0.15, 0.2) is 0 Å². The molecule has 1 aromatic carbocycles. The molecule has 0 spiro atoms. The Labute approximate surface area is 108 Å². The Balaban J connectivity index is 1.66. The Morgan fingerprint density at radius 3 is 2.67 bits per heavy atom. The minimum atomic E-state index is -0.200. The molecular formula is C15H20N2O. The highest BCUT2D eigenvalue weighted by Crippen LogP contribution is 2.33. The summed E-state index contributed by atoms with van der Waals surface area (Å²) in [5.74, 6) is 0.228. The maximum absolute atomic E-state index is 12.3. The molecule has 96 valence electrons. The Bertz CT molecular complexity index is 465. The van der Waals surface area contributed by atoms with Crippen LogP contribution in [0.3, 0.4) is 0 Å². The monoisotopic (exact) mass is 244 g/mol. The molecule has 0 atom stereocenters. The number of carbonyl (C=O) groups excluding carboxylic acids is 1. The maximum Gasteiger partial charge on any atom is 0.224 e. The van der Waals surface area contributed by atoms with Crippen molar-refractivity contribution in [2.45, 2.75) is 44.2 Å². The predicted octanol–water partition coefficient (Wildman–Crippen LogP) is 1.84. The fraction of sp³-hybridized carbons (Fsp3) is 0.533. The Kier molecular flexibility index (Phi) is 2.86. The quantitative estimate of drug-likeness (QED) is 0.863. The first-order valence-corrected chi connectivity index (χ1v) is 6.80. The zero-order valence-electron chi connectivity index (χ0n) is 10.7. The second-order valence-electron chi connectivity index (χ2n) is 5.73. The highest BCUT2D eigenvalue weighted by atomic mass is 16.2. The van der Waals surface area contributed by atoms with Gasteiger partial charge < -0.3 is 10.6 Å². The van der Waals surface area contributed by atoms with E-state index in [1.807, 2.05) is 11.0 Å². The lowest BCUT2D eigenvalue weighted by Gasteiger charge is -2.39. The first-order chi connectivity index (χ1) is 8.66. The van der Waals surface area contributed by atoms with Crippen molar-refractivity contribution in [3.8, 4) is 0 Å². The SMILES string of the molecule is NC1(CC(=O)N2CCc3ccccc3C2)CCC1. The summed E-state index contributed by atoms with van der Waals surface area (Å²) in [5.41, 5.74) is 8.63. The van der Waals surface area contributed by atoms with E-state index in [2.05, 4.69) is 18.2 Å². The van der Waals surface area contributed by atoms with Crippen molar-refractivity contribution in [1.82, 2.24) is 4.90 Å². The normalized spacial score (nSPS) is 21.1. The van der Waals surface area contributed by atoms with Gasteiger partial charge in [0.1, 0.15) is 0 Å². The molecule has 1 amide bonds. The molecule has 2 aliphatic rings. The number of amides is 1. The zero-order chi connectivity index (χ0) is 12.6. The van der Waals surface area contributed by atoms with Gasteiger partial charge in [0.25, 0.3) is 0 Å². The molecule has 1 aliphatic heterocycles. The van der Waals surface area contributed by atoms with E-state index in [4.69, 9.17) is 5.73 Å². The number of carbonyl (C=O) groups is 1. The Morgan fingerprint density at radius 1 is 1.28 bits per heavy atom. The molecule has 18 heavy (non-hydrogen) atoms. The number of nitrogens with zero attached hydrogens (tertiary/aromatic N) is 1. The third-order valence-corrected chi connectivity index (χ3v) is 4.34. The Hall–Kier alpha value is -1.35. The number of nitrogens with two attached hydrogens (primary N) is 1. The van der Waals surface area contributed by atoms with Gasteiger partial charge in [-0.2, -0.15) is 0 Å². The smallest absolute Gasteiger partial charge is 0.224 e. The second kappa shape index (κ2) is 4.39. The van der Waals surface area contributed by atoms with Crippen molar-refractivity contribution >= 4 is 5.91 Å². The molecule has 1 heterocycles. The van der Waals surface area contributed by atoms with Crippen molar-refractivity contribution in [3.05, 3.63) is 35.4 Å². The largest absolute Gasteiger partial charge is 0.338 e. The van der Waals surface area contributed by atoms with E-state index >= 15 is 0 Å². The van der Waals surface area contributed by atoms with Gasteiger partial charge in [0, 0.05) is 25.0 Å². The maximum atomic E-state index is 12.3. The third kappa shape index (κ3) is 2.15. The van der Waals surface area contributed by atoms with Gasteiger partial charge in [-0.15, -0.1) is 0 Å². The molecule has 1 fully saturated rings. The summed E-state index contributed by atoms with van der Waals surface area (Å²) in [6.07, 6.45) is 4.67. The van der Waals surface area contributed by atoms with Crippen molar-refractivity contribution in [1.29, 1.82) is 0 Å². The van der Waals surface area contributed by atoms with Crippen LogP contribution in [0.15, 0.2) is 24.3 Å². The lowest BCUT2D eigenvalue weighted by Crippen LogP contribution is -2.51. The standard InChI is InChI=1S/C15H20N2O/c16-15(7-3-8-15)10-14(18)17-9-6-12-4-1-2-5-13(12)11-17/h1-2,4-5H,3,6-11,16H2. The molecule has 3 rings (SSSR count). The fourth-order valence-corrected chi connectivity index (χ4v) is 2.93. The fourth-order valence-electron chi connectivity index (χ4n) is 2.93. The first-order valence-electron chi connectivity index (χ1n) is 6.80. The molecule has 2 N–H and O–H groups in total. The summed E-state index contributed by atoms with van der Waals surface area (Å²) in [7, 11) is 0. The summed E-state index contributed by atoms with van der Waals surface area (Å²) >= 11 is 0. The van der Waals surface area contributed by atoms with Crippen LogP contribution in [-0.4, -0.2) is 22.9 Å². The molecule has 0 unspecified atom stereocenters. The van der Waals surface area contributed by atoms with E-state index in [0.29, 0.717) is 6.42 Å². The van der Waals surface area contributed by atoms with Gasteiger partial charge in [-0.05, 0) is 36.8 Å². The van der Waals surface area contributed by atoms with Crippen LogP contribution in [0.4, 0.5) is 0 Å². The number of hydrogen-bond acceptors (Lipinski definition) is 2. The van der Waals surface area contributed by atoms with Crippen molar-refractivity contribution in [2.24, 2.45) is 5.73 Å². The molecule has 1 aliphatic carbocycles. The zero-order valence-corrected chi connectivity index (χ0v) is 10.7. The van der Waals surface area contributed by atoms with Crippen molar-refractivity contribution < 1.29 is 4.79 Å². The summed E-state index contributed by atoms with van der Waals surface area (Å²) in [4.78, 5) is 14.2. The van der Waals surface area contributed by atoms with Gasteiger partial charge in [-0.25, -0.2) is 0 Å². The summed E-state index contributed by atoms with van der Waals surface area (Å²) in [5, 5.41) is 0. The van der Waals surface area contributed by atoms with Crippen molar-refractivity contribution in [2.75, 3.05) is 6.54 Å². The second-order valence-corrected chi connectivity index (χ2v) is 5.73. The van der Waals surface area contributed by atoms with E-state index in [1.54, 1.807) is 0 Å². The number of hydrogen-bond donors (Lipinski definition) is 1. The lowest BCUT2D eigenvalue weighted by molar-refractivity contribution is -0.134. The average molecular weight is 244 g/mol. The molecule has 3 nitrogen and oxygen atoms in total. The van der Waals surface area contributed by atoms with Crippen LogP contribution in [-0.2, 0) is 17.8 Å². The Morgan fingerprint density at radius 2 is 2.00 bits per heavy atom. The van der Waals surface area contributed by atoms with Crippen LogP contribution in [0.25, 0.3) is 0 Å². The van der Waals surface area contributed by atoms with Crippen LogP contribution >= 0.6 is 0 Å². The van der Waals surface area contributed by atoms with Crippen LogP contribution in [0.2, 0.25) is 0 Å². The van der Waals surface area contributed by atoms with E-state index in [9.17, 15) is 4.79 Å². The van der Waals surface area contributed by atoms with Gasteiger partial charge in [-0.1, -0.05) is 24.3 Å². The predicted molar refractivity (Wildman–Crippen MR) is 70.9 cm³/mol. The minimum absolute atomic E-state index is 0.200. The molecule has 1 saturated carbocycles. The van der Waals surface area contributed by atoms with Gasteiger partial charge >= 0.3 is 0 Å². The number of rotatable bonds is 2. The minimum Gasteiger partial charge on any atom is -0.338 e. The summed E-state index contributed by atoms with van der Waals surface area (Å²) in [6, 6.07) is 8.40. The third-order valence-electron chi connectivity index (χ3n) is 4.34. The molecule has 0 bridgehead atoms. The van der Waals surface area contributed by atoms with Gasteiger partial charge in [0.2, 0.25) is 5.91 Å². The number of benzene rings is 1. The molecule has 0 radical (unpaired) electrons. The highest BCUT2D eigenvalue weighted by molar-refractivity contribution is 5.78. The van der Waals surface area contributed by atoms with Gasteiger partial charge in [0.05, 0.1) is 0 Å². The van der Waals surface area contributed by atoms with Crippen LogP contribution < -0.4 is 5.73 Å². The molecule has 0 saturated heterocycles. The highest BCUT2D eigenvalue weighted by Gasteiger charge is 2.36. The number of fused-ring (bicyclic) bond motifs is 1. The molecule has 0 aromatic heterocycles. The van der Waals surface area contributed by atoms with Gasteiger partial charge in [-0.3, -0.25) is 4.79 Å². The van der Waals surface area contributed by atoms with E-state index in [0.717, 1.165) is 32.4 Å². The van der Waals surface area contributed by atoms with Crippen molar-refractivity contribution in [3.63, 3.8) is 0 Å². The first kappa shape index (κ1) is 11.7.